The first-order chi connectivity index (χ1) is 9.43. The van der Waals surface area contributed by atoms with Crippen molar-refractivity contribution in [2.24, 2.45) is 4.99 Å². The first-order valence-corrected chi connectivity index (χ1v) is 6.48. The second-order valence-corrected chi connectivity index (χ2v) is 4.75. The lowest BCUT2D eigenvalue weighted by atomic mass is 9.99. The average Bonchev–Trinajstić information content (AvgIpc) is 2.87. The fourth-order valence-corrected chi connectivity index (χ4v) is 2.76. The number of hydrogen-bond acceptors (Lipinski definition) is 2. The van der Waals surface area contributed by atoms with Crippen molar-refractivity contribution in [2.75, 3.05) is 6.54 Å². The Bertz CT molecular complexity index is 769. The van der Waals surface area contributed by atoms with Crippen LogP contribution in [0.5, 0.6) is 0 Å². The molecule has 3 nitrogen and oxygen atoms in total. The number of benzene rings is 1. The minimum atomic E-state index is 0.846. The van der Waals surface area contributed by atoms with E-state index in [4.69, 9.17) is 0 Å². The van der Waals surface area contributed by atoms with Crippen LogP contribution in [0.2, 0.25) is 0 Å². The fourth-order valence-electron chi connectivity index (χ4n) is 2.76. The molecule has 0 aliphatic carbocycles. The molecular weight excluding hydrogens is 234 g/mol. The molecule has 0 unspecified atom stereocenters. The zero-order valence-corrected chi connectivity index (χ0v) is 10.4. The number of aromatic amines is 1. The van der Waals surface area contributed by atoms with E-state index in [0.717, 1.165) is 29.9 Å². The van der Waals surface area contributed by atoms with Gasteiger partial charge in [-0.05, 0) is 30.2 Å². The topological polar surface area (TPSA) is 41.0 Å². The summed E-state index contributed by atoms with van der Waals surface area (Å²) >= 11 is 0. The summed E-state index contributed by atoms with van der Waals surface area (Å²) in [5.41, 5.74) is 5.83. The summed E-state index contributed by atoms with van der Waals surface area (Å²) in [6.07, 6.45) is 4.67. The summed E-state index contributed by atoms with van der Waals surface area (Å²) in [7, 11) is 0. The van der Waals surface area contributed by atoms with E-state index in [1.165, 1.54) is 16.5 Å². The maximum atomic E-state index is 4.68. The Morgan fingerprint density at radius 3 is 2.89 bits per heavy atom. The number of para-hydroxylation sites is 1. The normalized spacial score (nSPS) is 14.2. The summed E-state index contributed by atoms with van der Waals surface area (Å²) in [4.78, 5) is 12.4. The monoisotopic (exact) mass is 247 g/mol. The van der Waals surface area contributed by atoms with E-state index >= 15 is 0 Å². The number of aliphatic imine (C=N–C) groups is 1. The van der Waals surface area contributed by atoms with Gasteiger partial charge < -0.3 is 4.98 Å². The fraction of sp³-hybridized carbons (Fsp3) is 0.125. The molecular formula is C16H13N3. The second kappa shape index (κ2) is 4.05. The van der Waals surface area contributed by atoms with Gasteiger partial charge in [-0.15, -0.1) is 0 Å². The zero-order valence-electron chi connectivity index (χ0n) is 10.4. The van der Waals surface area contributed by atoms with Gasteiger partial charge in [-0.3, -0.25) is 9.98 Å². The summed E-state index contributed by atoms with van der Waals surface area (Å²) < 4.78 is 0. The van der Waals surface area contributed by atoms with Crippen LogP contribution in [0.1, 0.15) is 16.8 Å². The zero-order chi connectivity index (χ0) is 12.7. The Balaban J connectivity index is 1.96. The third-order valence-corrected chi connectivity index (χ3v) is 3.62. The summed E-state index contributed by atoms with van der Waals surface area (Å²) in [6.45, 7) is 0.846. The molecule has 19 heavy (non-hydrogen) atoms. The molecule has 0 atom stereocenters. The number of rotatable bonds is 1. The maximum Gasteiger partial charge on any atom is 0.0900 e. The molecule has 0 amide bonds. The molecule has 2 aromatic heterocycles. The maximum absolute atomic E-state index is 4.68. The SMILES string of the molecule is c1cncc(C2=NCCc3c2[nH]c2ccccc32)c1. The molecule has 0 spiro atoms. The van der Waals surface area contributed by atoms with E-state index in [-0.39, 0.29) is 0 Å². The lowest BCUT2D eigenvalue weighted by Gasteiger charge is -2.13. The van der Waals surface area contributed by atoms with Crippen LogP contribution >= 0.6 is 0 Å². The largest absolute Gasteiger partial charge is 0.353 e. The lowest BCUT2D eigenvalue weighted by Crippen LogP contribution is -2.13. The standard InChI is InChI=1S/C16H13N3/c1-2-6-14-12(5-1)13-7-9-18-15(16(13)19-14)11-4-3-8-17-10-11/h1-6,8,10,19H,7,9H2. The predicted octanol–water partition coefficient (Wildman–Crippen LogP) is 2.96. The van der Waals surface area contributed by atoms with Crippen LogP contribution in [-0.4, -0.2) is 22.2 Å². The predicted molar refractivity (Wildman–Crippen MR) is 76.7 cm³/mol. The number of nitrogens with zero attached hydrogens (tertiary/aromatic N) is 2. The molecule has 0 fully saturated rings. The Hall–Kier alpha value is -2.42. The van der Waals surface area contributed by atoms with Gasteiger partial charge in [0, 0.05) is 35.4 Å². The van der Waals surface area contributed by atoms with Crippen LogP contribution in [0.25, 0.3) is 10.9 Å². The highest BCUT2D eigenvalue weighted by Gasteiger charge is 2.20. The first kappa shape index (κ1) is 10.5. The molecule has 4 rings (SSSR count). The van der Waals surface area contributed by atoms with E-state index in [9.17, 15) is 0 Å². The van der Waals surface area contributed by atoms with E-state index in [1.54, 1.807) is 6.20 Å². The van der Waals surface area contributed by atoms with Gasteiger partial charge in [0.15, 0.2) is 0 Å². The van der Waals surface area contributed by atoms with Crippen molar-refractivity contribution in [3.63, 3.8) is 0 Å². The number of pyridine rings is 1. The minimum absolute atomic E-state index is 0.846. The molecule has 0 radical (unpaired) electrons. The van der Waals surface area contributed by atoms with Gasteiger partial charge in [0.2, 0.25) is 0 Å². The smallest absolute Gasteiger partial charge is 0.0900 e. The van der Waals surface area contributed by atoms with Crippen LogP contribution < -0.4 is 0 Å². The third-order valence-electron chi connectivity index (χ3n) is 3.62. The highest BCUT2D eigenvalue weighted by molar-refractivity contribution is 6.15. The lowest BCUT2D eigenvalue weighted by molar-refractivity contribution is 0.947. The molecule has 0 bridgehead atoms. The van der Waals surface area contributed by atoms with Crippen LogP contribution in [0.4, 0.5) is 0 Å². The van der Waals surface area contributed by atoms with Gasteiger partial charge in [-0.1, -0.05) is 18.2 Å². The Morgan fingerprint density at radius 2 is 2.00 bits per heavy atom. The molecule has 0 saturated carbocycles. The van der Waals surface area contributed by atoms with Crippen molar-refractivity contribution in [3.8, 4) is 0 Å². The molecule has 1 aliphatic heterocycles. The summed E-state index contributed by atoms with van der Waals surface area (Å²) in [6, 6.07) is 12.5. The van der Waals surface area contributed by atoms with Crippen LogP contribution in [0, 0.1) is 0 Å². The molecule has 1 aromatic carbocycles. The van der Waals surface area contributed by atoms with Gasteiger partial charge in [-0.2, -0.15) is 0 Å². The molecule has 92 valence electrons. The number of nitrogens with one attached hydrogen (secondary N) is 1. The quantitative estimate of drug-likeness (QED) is 0.705. The Labute approximate surface area is 111 Å². The second-order valence-electron chi connectivity index (χ2n) is 4.75. The van der Waals surface area contributed by atoms with Crippen molar-refractivity contribution in [3.05, 3.63) is 65.6 Å². The van der Waals surface area contributed by atoms with Crippen molar-refractivity contribution < 1.29 is 0 Å². The third kappa shape index (κ3) is 1.58. The highest BCUT2D eigenvalue weighted by Crippen LogP contribution is 2.27. The van der Waals surface area contributed by atoms with Crippen LogP contribution in [0.15, 0.2) is 53.8 Å². The van der Waals surface area contributed by atoms with Gasteiger partial charge in [0.1, 0.15) is 0 Å². The minimum Gasteiger partial charge on any atom is -0.353 e. The van der Waals surface area contributed by atoms with Crippen molar-refractivity contribution in [2.45, 2.75) is 6.42 Å². The number of hydrogen-bond donors (Lipinski definition) is 1. The van der Waals surface area contributed by atoms with Crippen molar-refractivity contribution in [1.82, 2.24) is 9.97 Å². The van der Waals surface area contributed by atoms with Gasteiger partial charge in [0.05, 0.1) is 11.4 Å². The summed E-state index contributed by atoms with van der Waals surface area (Å²) in [5, 5.41) is 1.31. The molecule has 1 N–H and O–H groups in total. The van der Waals surface area contributed by atoms with Gasteiger partial charge in [-0.25, -0.2) is 0 Å². The highest BCUT2D eigenvalue weighted by atomic mass is 14.8. The van der Waals surface area contributed by atoms with Crippen molar-refractivity contribution in [1.29, 1.82) is 0 Å². The van der Waals surface area contributed by atoms with E-state index < -0.39 is 0 Å². The molecule has 0 saturated heterocycles. The number of aromatic nitrogens is 2. The Morgan fingerprint density at radius 1 is 1.05 bits per heavy atom. The molecule has 3 aromatic rings. The summed E-state index contributed by atoms with van der Waals surface area (Å²) in [5.74, 6) is 0. The van der Waals surface area contributed by atoms with E-state index in [0.29, 0.717) is 0 Å². The molecule has 3 heteroatoms. The first-order valence-electron chi connectivity index (χ1n) is 6.48. The van der Waals surface area contributed by atoms with Crippen molar-refractivity contribution >= 4 is 16.6 Å². The van der Waals surface area contributed by atoms with Gasteiger partial charge >= 0.3 is 0 Å². The average molecular weight is 247 g/mol. The van der Waals surface area contributed by atoms with Gasteiger partial charge in [0.25, 0.3) is 0 Å². The van der Waals surface area contributed by atoms with Crippen LogP contribution in [-0.2, 0) is 6.42 Å². The van der Waals surface area contributed by atoms with E-state index in [1.807, 2.05) is 12.3 Å². The molecule has 3 heterocycles. The number of fused-ring (bicyclic) bond motifs is 3. The Kier molecular flexibility index (Phi) is 2.24. The molecule has 1 aliphatic rings. The van der Waals surface area contributed by atoms with Crippen LogP contribution in [0.3, 0.4) is 0 Å². The number of H-pyrrole nitrogens is 1. The van der Waals surface area contributed by atoms with E-state index in [2.05, 4.69) is 45.3 Å².